The number of rotatable bonds is 5. The summed E-state index contributed by atoms with van der Waals surface area (Å²) >= 11 is 0. The fraction of sp³-hybridized carbons (Fsp3) is 0.500. The maximum absolute atomic E-state index is 11.5. The highest BCUT2D eigenvalue weighted by molar-refractivity contribution is 5.67. The zero-order chi connectivity index (χ0) is 17.6. The van der Waals surface area contributed by atoms with E-state index >= 15 is 0 Å². The van der Waals surface area contributed by atoms with Gasteiger partial charge in [0.1, 0.15) is 29.6 Å². The number of methoxy groups -OCH3 is 1. The fourth-order valence-corrected chi connectivity index (χ4v) is 1.83. The van der Waals surface area contributed by atoms with Crippen LogP contribution in [0.15, 0.2) is 18.2 Å². The van der Waals surface area contributed by atoms with Crippen LogP contribution in [0.3, 0.4) is 0 Å². The molecule has 0 saturated heterocycles. The summed E-state index contributed by atoms with van der Waals surface area (Å²) in [6.45, 7) is 4.97. The van der Waals surface area contributed by atoms with Crippen LogP contribution in [0.1, 0.15) is 38.0 Å². The number of amides is 1. The number of carbonyl (C=O) groups excluding carboxylic acids is 1. The van der Waals surface area contributed by atoms with Crippen LogP contribution in [0.4, 0.5) is 4.79 Å². The lowest BCUT2D eigenvalue weighted by atomic mass is 10.0. The summed E-state index contributed by atoms with van der Waals surface area (Å²) in [6, 6.07) is 6.46. The summed E-state index contributed by atoms with van der Waals surface area (Å²) in [6.07, 6.45) is -3.19. The van der Waals surface area contributed by atoms with Gasteiger partial charge >= 0.3 is 6.09 Å². The Morgan fingerprint density at radius 2 is 2.04 bits per heavy atom. The number of nitriles is 1. The normalized spacial score (nSPS) is 13.6. The van der Waals surface area contributed by atoms with Gasteiger partial charge < -0.3 is 25.0 Å². The van der Waals surface area contributed by atoms with Crippen molar-refractivity contribution in [1.29, 1.82) is 5.26 Å². The van der Waals surface area contributed by atoms with Crippen molar-refractivity contribution < 1.29 is 24.5 Å². The van der Waals surface area contributed by atoms with Crippen LogP contribution >= 0.6 is 0 Å². The number of aliphatic hydroxyl groups is 2. The Morgan fingerprint density at radius 1 is 1.39 bits per heavy atom. The van der Waals surface area contributed by atoms with Gasteiger partial charge in [-0.05, 0) is 38.5 Å². The second-order valence-corrected chi connectivity index (χ2v) is 5.97. The molecule has 126 valence electrons. The minimum atomic E-state index is -1.26. The average molecular weight is 322 g/mol. The zero-order valence-electron chi connectivity index (χ0n) is 13.7. The van der Waals surface area contributed by atoms with E-state index in [1.165, 1.54) is 19.2 Å². The summed E-state index contributed by atoms with van der Waals surface area (Å²) in [5, 5.41) is 31.5. The lowest BCUT2D eigenvalue weighted by molar-refractivity contribution is 0.0129. The van der Waals surface area contributed by atoms with Crippen LogP contribution in [0, 0.1) is 11.3 Å². The van der Waals surface area contributed by atoms with Crippen LogP contribution in [0.25, 0.3) is 0 Å². The van der Waals surface area contributed by atoms with Gasteiger partial charge in [0.15, 0.2) is 0 Å². The van der Waals surface area contributed by atoms with Crippen LogP contribution in [-0.4, -0.2) is 41.7 Å². The third-order valence-corrected chi connectivity index (χ3v) is 2.90. The number of hydrogen-bond acceptors (Lipinski definition) is 6. The minimum absolute atomic E-state index is 0.190. The molecule has 1 rings (SSSR count). The summed E-state index contributed by atoms with van der Waals surface area (Å²) in [5.74, 6) is 0.379. The van der Waals surface area contributed by atoms with E-state index in [2.05, 4.69) is 5.32 Å². The lowest BCUT2D eigenvalue weighted by Gasteiger charge is -2.22. The first-order valence-electron chi connectivity index (χ1n) is 7.09. The van der Waals surface area contributed by atoms with Gasteiger partial charge in [-0.2, -0.15) is 5.26 Å². The van der Waals surface area contributed by atoms with Gasteiger partial charge in [-0.25, -0.2) is 4.79 Å². The molecule has 2 unspecified atom stereocenters. The van der Waals surface area contributed by atoms with E-state index in [0.717, 1.165) is 0 Å². The fourth-order valence-electron chi connectivity index (χ4n) is 1.83. The molecule has 3 N–H and O–H groups in total. The van der Waals surface area contributed by atoms with Crippen molar-refractivity contribution >= 4 is 6.09 Å². The highest BCUT2D eigenvalue weighted by Crippen LogP contribution is 2.24. The standard InChI is InChI=1S/C16H22N2O5/c1-16(2,3)23-15(21)18-9-12(19)14(20)10-5-6-13(22-4)11(7-10)8-17/h5-7,12,14,19-20H,9H2,1-4H3,(H,18,21). The Bertz CT molecular complexity index is 589. The summed E-state index contributed by atoms with van der Waals surface area (Å²) in [5.41, 5.74) is -0.0529. The molecule has 0 aliphatic heterocycles. The smallest absolute Gasteiger partial charge is 0.407 e. The Balaban J connectivity index is 2.68. The van der Waals surface area contributed by atoms with Gasteiger partial charge in [0.05, 0.1) is 12.7 Å². The van der Waals surface area contributed by atoms with E-state index in [1.807, 2.05) is 6.07 Å². The van der Waals surface area contributed by atoms with Crippen molar-refractivity contribution in [2.24, 2.45) is 0 Å². The van der Waals surface area contributed by atoms with E-state index in [9.17, 15) is 15.0 Å². The maximum Gasteiger partial charge on any atom is 0.407 e. The van der Waals surface area contributed by atoms with Gasteiger partial charge in [0.2, 0.25) is 0 Å². The zero-order valence-corrected chi connectivity index (χ0v) is 13.7. The summed E-state index contributed by atoms with van der Waals surface area (Å²) < 4.78 is 10.1. The van der Waals surface area contributed by atoms with Crippen LogP contribution in [0.2, 0.25) is 0 Å². The number of alkyl carbamates (subject to hydrolysis) is 1. The highest BCUT2D eigenvalue weighted by atomic mass is 16.6. The second kappa shape index (κ2) is 7.81. The van der Waals surface area contributed by atoms with E-state index in [4.69, 9.17) is 14.7 Å². The Kier molecular flexibility index (Phi) is 6.37. The Morgan fingerprint density at radius 3 is 2.57 bits per heavy atom. The Labute approximate surface area is 135 Å². The predicted octanol–water partition coefficient (Wildman–Crippen LogP) is 1.49. The molecule has 23 heavy (non-hydrogen) atoms. The van der Waals surface area contributed by atoms with Gasteiger partial charge in [0, 0.05) is 6.54 Å². The van der Waals surface area contributed by atoms with Crippen LogP contribution in [-0.2, 0) is 4.74 Å². The van der Waals surface area contributed by atoms with Crippen molar-refractivity contribution in [2.45, 2.75) is 38.6 Å². The molecule has 0 spiro atoms. The Hall–Kier alpha value is -2.30. The predicted molar refractivity (Wildman–Crippen MR) is 82.9 cm³/mol. The number of ether oxygens (including phenoxy) is 2. The molecule has 2 atom stereocenters. The van der Waals surface area contributed by atoms with Crippen LogP contribution in [0.5, 0.6) is 5.75 Å². The molecule has 0 fully saturated rings. The van der Waals surface area contributed by atoms with Gasteiger partial charge in [-0.1, -0.05) is 6.07 Å². The maximum atomic E-state index is 11.5. The van der Waals surface area contributed by atoms with Crippen molar-refractivity contribution in [1.82, 2.24) is 5.32 Å². The number of nitrogens with zero attached hydrogens (tertiary/aromatic N) is 1. The summed E-state index contributed by atoms with van der Waals surface area (Å²) in [7, 11) is 1.44. The first kappa shape index (κ1) is 18.7. The lowest BCUT2D eigenvalue weighted by Crippen LogP contribution is -2.38. The quantitative estimate of drug-likeness (QED) is 0.757. The molecule has 1 amide bonds. The molecule has 7 nitrogen and oxygen atoms in total. The summed E-state index contributed by atoms with van der Waals surface area (Å²) in [4.78, 5) is 11.5. The molecule has 0 radical (unpaired) electrons. The van der Waals surface area contributed by atoms with Crippen molar-refractivity contribution in [3.05, 3.63) is 29.3 Å². The third-order valence-electron chi connectivity index (χ3n) is 2.90. The molecule has 7 heteroatoms. The van der Waals surface area contributed by atoms with Crippen LogP contribution < -0.4 is 10.1 Å². The number of hydrogen-bond donors (Lipinski definition) is 3. The highest BCUT2D eigenvalue weighted by Gasteiger charge is 2.22. The van der Waals surface area contributed by atoms with E-state index in [0.29, 0.717) is 11.3 Å². The van der Waals surface area contributed by atoms with E-state index in [1.54, 1.807) is 26.8 Å². The number of aliphatic hydroxyl groups excluding tert-OH is 2. The SMILES string of the molecule is COc1ccc(C(O)C(O)CNC(=O)OC(C)(C)C)cc1C#N. The monoisotopic (exact) mass is 322 g/mol. The molecule has 1 aromatic rings. The first-order chi connectivity index (χ1) is 10.7. The molecule has 0 heterocycles. The van der Waals surface area contributed by atoms with Crippen molar-refractivity contribution in [3.8, 4) is 11.8 Å². The third kappa shape index (κ3) is 5.77. The first-order valence-corrected chi connectivity index (χ1v) is 7.09. The molecule has 0 aromatic heterocycles. The molecular weight excluding hydrogens is 300 g/mol. The topological polar surface area (TPSA) is 112 Å². The molecule has 0 saturated carbocycles. The number of carbonyl (C=O) groups is 1. The van der Waals surface area contributed by atoms with E-state index in [-0.39, 0.29) is 12.1 Å². The number of benzene rings is 1. The van der Waals surface area contributed by atoms with Gasteiger partial charge in [-0.3, -0.25) is 0 Å². The molecule has 1 aromatic carbocycles. The van der Waals surface area contributed by atoms with Gasteiger partial charge in [-0.15, -0.1) is 0 Å². The molecular formula is C16H22N2O5. The second-order valence-electron chi connectivity index (χ2n) is 5.97. The molecule has 0 aliphatic rings. The van der Waals surface area contributed by atoms with E-state index < -0.39 is 23.9 Å². The minimum Gasteiger partial charge on any atom is -0.495 e. The number of nitrogens with one attached hydrogen (secondary N) is 1. The average Bonchev–Trinajstić information content (AvgIpc) is 2.49. The van der Waals surface area contributed by atoms with Gasteiger partial charge in [0.25, 0.3) is 0 Å². The van der Waals surface area contributed by atoms with Crippen molar-refractivity contribution in [3.63, 3.8) is 0 Å². The molecule has 0 aliphatic carbocycles. The largest absolute Gasteiger partial charge is 0.495 e. The van der Waals surface area contributed by atoms with Crippen molar-refractivity contribution in [2.75, 3.05) is 13.7 Å². The molecule has 0 bridgehead atoms.